The van der Waals surface area contributed by atoms with Crippen LogP contribution in [0.25, 0.3) is 22.3 Å². The number of hydrogen-bond donors (Lipinski definition) is 0. The van der Waals surface area contributed by atoms with Gasteiger partial charge in [0, 0.05) is 16.4 Å². The average Bonchev–Trinajstić information content (AvgIpc) is 2.46. The topological polar surface area (TPSA) is 25.8 Å². The van der Waals surface area contributed by atoms with Crippen molar-refractivity contribution in [3.05, 3.63) is 60.3 Å². The molecular weight excluding hydrogens is 244 g/mol. The third kappa shape index (κ3) is 2.29. The Hall–Kier alpha value is -2.22. The van der Waals surface area contributed by atoms with E-state index in [9.17, 15) is 0 Å². The second kappa shape index (κ2) is 4.71. The molecule has 0 radical (unpaired) electrons. The van der Waals surface area contributed by atoms with E-state index in [1.807, 2.05) is 30.3 Å². The molecule has 0 saturated heterocycles. The lowest BCUT2D eigenvalue weighted by Gasteiger charge is -2.20. The van der Waals surface area contributed by atoms with E-state index in [-0.39, 0.29) is 5.41 Å². The number of nitrogens with zero attached hydrogens (tertiary/aromatic N) is 2. The Morgan fingerprint density at radius 1 is 0.750 bits per heavy atom. The Morgan fingerprint density at radius 2 is 1.40 bits per heavy atom. The maximum atomic E-state index is 4.83. The summed E-state index contributed by atoms with van der Waals surface area (Å²) >= 11 is 0. The number of aromatic nitrogens is 2. The molecule has 0 aliphatic heterocycles. The highest BCUT2D eigenvalue weighted by Crippen LogP contribution is 2.29. The van der Waals surface area contributed by atoms with Gasteiger partial charge in [-0.05, 0) is 6.07 Å². The van der Waals surface area contributed by atoms with Crippen LogP contribution in [0.1, 0.15) is 26.5 Å². The first kappa shape index (κ1) is 12.8. The Kier molecular flexibility index (Phi) is 3.01. The third-order valence-electron chi connectivity index (χ3n) is 3.35. The summed E-state index contributed by atoms with van der Waals surface area (Å²) in [5.41, 5.74) is 3.16. The fourth-order valence-corrected chi connectivity index (χ4v) is 2.36. The first-order valence-electron chi connectivity index (χ1n) is 6.88. The maximum Gasteiger partial charge on any atom is 0.160 e. The lowest BCUT2D eigenvalue weighted by molar-refractivity contribution is 0.575. The van der Waals surface area contributed by atoms with E-state index in [1.54, 1.807) is 0 Å². The molecule has 2 aromatic carbocycles. The van der Waals surface area contributed by atoms with Crippen LogP contribution in [0.15, 0.2) is 54.6 Å². The predicted molar refractivity (Wildman–Crippen MR) is 83.7 cm³/mol. The van der Waals surface area contributed by atoms with Crippen molar-refractivity contribution < 1.29 is 0 Å². The smallest absolute Gasteiger partial charge is 0.160 e. The molecule has 3 aromatic rings. The van der Waals surface area contributed by atoms with Crippen LogP contribution in [0.3, 0.4) is 0 Å². The molecule has 0 atom stereocenters. The number of benzene rings is 2. The van der Waals surface area contributed by atoms with E-state index in [2.05, 4.69) is 45.0 Å². The Bertz CT molecular complexity index is 740. The molecule has 0 spiro atoms. The van der Waals surface area contributed by atoms with Gasteiger partial charge in [0.1, 0.15) is 0 Å². The Morgan fingerprint density at radius 3 is 2.10 bits per heavy atom. The van der Waals surface area contributed by atoms with Gasteiger partial charge >= 0.3 is 0 Å². The lowest BCUT2D eigenvalue weighted by atomic mass is 9.89. The molecule has 20 heavy (non-hydrogen) atoms. The molecule has 100 valence electrons. The first-order chi connectivity index (χ1) is 9.55. The zero-order chi connectivity index (χ0) is 14.2. The molecule has 0 aliphatic rings. The van der Waals surface area contributed by atoms with Crippen molar-refractivity contribution >= 4 is 10.9 Å². The molecule has 0 bridgehead atoms. The fraction of sp³-hybridized carbons (Fsp3) is 0.222. The molecule has 0 unspecified atom stereocenters. The van der Waals surface area contributed by atoms with Crippen LogP contribution in [0.2, 0.25) is 0 Å². The molecule has 0 saturated carbocycles. The number of fused-ring (bicyclic) bond motifs is 1. The fourth-order valence-electron chi connectivity index (χ4n) is 2.36. The van der Waals surface area contributed by atoms with Crippen molar-refractivity contribution in [2.75, 3.05) is 0 Å². The molecule has 1 aromatic heterocycles. The molecule has 3 rings (SSSR count). The van der Waals surface area contributed by atoms with Crippen LogP contribution in [0.4, 0.5) is 0 Å². The van der Waals surface area contributed by atoms with Crippen molar-refractivity contribution in [2.24, 2.45) is 0 Å². The average molecular weight is 262 g/mol. The second-order valence-electron chi connectivity index (χ2n) is 6.03. The highest BCUT2D eigenvalue weighted by Gasteiger charge is 2.20. The summed E-state index contributed by atoms with van der Waals surface area (Å²) < 4.78 is 0. The van der Waals surface area contributed by atoms with Crippen LogP contribution < -0.4 is 0 Å². The largest absolute Gasteiger partial charge is 0.232 e. The standard InChI is InChI=1S/C18H18N2/c1-18(2,3)16-14-11-7-8-12-15(14)19-17(20-16)13-9-5-4-6-10-13/h4-12H,1-3H3. The molecule has 0 N–H and O–H groups in total. The van der Waals surface area contributed by atoms with Gasteiger partial charge in [-0.2, -0.15) is 0 Å². The van der Waals surface area contributed by atoms with Crippen molar-refractivity contribution in [3.63, 3.8) is 0 Å². The van der Waals surface area contributed by atoms with Gasteiger partial charge in [-0.15, -0.1) is 0 Å². The Labute approximate surface area is 119 Å². The predicted octanol–water partition coefficient (Wildman–Crippen LogP) is 4.59. The molecule has 0 fully saturated rings. The summed E-state index contributed by atoms with van der Waals surface area (Å²) in [5.74, 6) is 0.800. The van der Waals surface area contributed by atoms with Crippen LogP contribution >= 0.6 is 0 Å². The molecule has 2 heteroatoms. The zero-order valence-electron chi connectivity index (χ0n) is 12.1. The van der Waals surface area contributed by atoms with Crippen LogP contribution in [-0.2, 0) is 5.41 Å². The minimum atomic E-state index is -0.00786. The van der Waals surface area contributed by atoms with E-state index in [4.69, 9.17) is 9.97 Å². The Balaban J connectivity index is 2.31. The van der Waals surface area contributed by atoms with E-state index in [0.29, 0.717) is 0 Å². The van der Waals surface area contributed by atoms with E-state index in [1.165, 1.54) is 0 Å². The van der Waals surface area contributed by atoms with Crippen LogP contribution in [0, 0.1) is 0 Å². The summed E-state index contributed by atoms with van der Waals surface area (Å²) in [6.45, 7) is 6.57. The van der Waals surface area contributed by atoms with Crippen LogP contribution in [-0.4, -0.2) is 9.97 Å². The van der Waals surface area contributed by atoms with Gasteiger partial charge < -0.3 is 0 Å². The minimum Gasteiger partial charge on any atom is -0.232 e. The lowest BCUT2D eigenvalue weighted by Crippen LogP contribution is -2.15. The van der Waals surface area contributed by atoms with Gasteiger partial charge in [-0.1, -0.05) is 69.3 Å². The highest BCUT2D eigenvalue weighted by molar-refractivity contribution is 5.83. The molecule has 1 heterocycles. The van der Waals surface area contributed by atoms with Gasteiger partial charge in [0.2, 0.25) is 0 Å². The maximum absolute atomic E-state index is 4.83. The number of hydrogen-bond acceptors (Lipinski definition) is 2. The summed E-state index contributed by atoms with van der Waals surface area (Å²) in [6, 6.07) is 18.4. The summed E-state index contributed by atoms with van der Waals surface area (Å²) in [7, 11) is 0. The van der Waals surface area contributed by atoms with Crippen molar-refractivity contribution in [3.8, 4) is 11.4 Å². The highest BCUT2D eigenvalue weighted by atomic mass is 14.9. The monoisotopic (exact) mass is 262 g/mol. The van der Waals surface area contributed by atoms with Crippen molar-refractivity contribution in [2.45, 2.75) is 26.2 Å². The zero-order valence-corrected chi connectivity index (χ0v) is 12.1. The normalized spacial score (nSPS) is 11.8. The van der Waals surface area contributed by atoms with E-state index in [0.717, 1.165) is 28.0 Å². The van der Waals surface area contributed by atoms with Crippen molar-refractivity contribution in [1.29, 1.82) is 0 Å². The van der Waals surface area contributed by atoms with Gasteiger partial charge in [0.15, 0.2) is 5.82 Å². The summed E-state index contributed by atoms with van der Waals surface area (Å²) in [6.07, 6.45) is 0. The second-order valence-corrected chi connectivity index (χ2v) is 6.03. The molecule has 2 nitrogen and oxygen atoms in total. The quantitative estimate of drug-likeness (QED) is 0.640. The third-order valence-corrected chi connectivity index (χ3v) is 3.35. The van der Waals surface area contributed by atoms with Crippen molar-refractivity contribution in [1.82, 2.24) is 9.97 Å². The summed E-state index contributed by atoms with van der Waals surface area (Å²) in [5, 5.41) is 1.14. The first-order valence-corrected chi connectivity index (χ1v) is 6.88. The molecular formula is C18H18N2. The van der Waals surface area contributed by atoms with Gasteiger partial charge in [-0.3, -0.25) is 0 Å². The van der Waals surface area contributed by atoms with E-state index < -0.39 is 0 Å². The number of para-hydroxylation sites is 1. The SMILES string of the molecule is CC(C)(C)c1nc(-c2ccccc2)nc2ccccc12. The summed E-state index contributed by atoms with van der Waals surface area (Å²) in [4.78, 5) is 9.54. The van der Waals surface area contributed by atoms with Gasteiger partial charge in [-0.25, -0.2) is 9.97 Å². The minimum absolute atomic E-state index is 0.00786. The van der Waals surface area contributed by atoms with Gasteiger partial charge in [0.05, 0.1) is 11.2 Å². The van der Waals surface area contributed by atoms with Crippen LogP contribution in [0.5, 0.6) is 0 Å². The number of rotatable bonds is 1. The molecule has 0 aliphatic carbocycles. The van der Waals surface area contributed by atoms with Gasteiger partial charge in [0.25, 0.3) is 0 Å². The molecule has 0 amide bonds. The van der Waals surface area contributed by atoms with E-state index >= 15 is 0 Å².